The van der Waals surface area contributed by atoms with Crippen molar-refractivity contribution in [1.29, 1.82) is 0 Å². The van der Waals surface area contributed by atoms with Crippen molar-refractivity contribution in [2.24, 2.45) is 0 Å². The third-order valence-corrected chi connectivity index (χ3v) is 2.38. The first-order chi connectivity index (χ1) is 5.97. The Kier molecular flexibility index (Phi) is 3.05. The quantitative estimate of drug-likeness (QED) is 0.701. The Balaban J connectivity index is 2.36. The van der Waals surface area contributed by atoms with Crippen molar-refractivity contribution in [3.8, 4) is 0 Å². The Morgan fingerprint density at radius 1 is 1.62 bits per heavy atom. The molecule has 0 saturated carbocycles. The molecule has 0 atom stereocenters. The van der Waals surface area contributed by atoms with Crippen LogP contribution in [0, 0.1) is 6.92 Å². The molecule has 0 spiro atoms. The fraction of sp³-hybridized carbons (Fsp3) is 0.571. The number of hydrogen-bond acceptors (Lipinski definition) is 3. The predicted octanol–water partition coefficient (Wildman–Crippen LogP) is 0.539. The van der Waals surface area contributed by atoms with E-state index >= 15 is 0 Å². The maximum absolute atomic E-state index is 10.4. The van der Waals surface area contributed by atoms with Gasteiger partial charge in [-0.1, -0.05) is 0 Å². The summed E-state index contributed by atoms with van der Waals surface area (Å²) < 4.78 is 29.1. The molecule has 0 aromatic carbocycles. The van der Waals surface area contributed by atoms with E-state index in [-0.39, 0.29) is 5.75 Å². The lowest BCUT2D eigenvalue weighted by Crippen LogP contribution is -2.05. The lowest BCUT2D eigenvalue weighted by atomic mass is 10.3. The van der Waals surface area contributed by atoms with Crippen molar-refractivity contribution in [3.63, 3.8) is 0 Å². The van der Waals surface area contributed by atoms with Crippen molar-refractivity contribution in [2.45, 2.75) is 19.8 Å². The molecule has 5 nitrogen and oxygen atoms in total. The Morgan fingerprint density at radius 3 is 2.77 bits per heavy atom. The van der Waals surface area contributed by atoms with E-state index in [1.807, 2.05) is 6.92 Å². The maximum atomic E-state index is 10.4. The van der Waals surface area contributed by atoms with Crippen LogP contribution in [-0.4, -0.2) is 28.7 Å². The molecule has 13 heavy (non-hydrogen) atoms. The number of rotatable bonds is 4. The highest BCUT2D eigenvalue weighted by atomic mass is 32.2. The van der Waals surface area contributed by atoms with Gasteiger partial charge in [-0.15, -0.1) is 0 Å². The van der Waals surface area contributed by atoms with Crippen LogP contribution in [0.4, 0.5) is 0 Å². The molecule has 6 heteroatoms. The zero-order chi connectivity index (χ0) is 9.90. The van der Waals surface area contributed by atoms with Crippen molar-refractivity contribution >= 4 is 10.1 Å². The lowest BCUT2D eigenvalue weighted by molar-refractivity contribution is 0.481. The number of nitrogens with one attached hydrogen (secondary N) is 1. The van der Waals surface area contributed by atoms with Crippen LogP contribution in [0.3, 0.4) is 0 Å². The highest BCUT2D eigenvalue weighted by molar-refractivity contribution is 7.85. The van der Waals surface area contributed by atoms with E-state index in [1.54, 1.807) is 6.20 Å². The average Bonchev–Trinajstić information content (AvgIpc) is 2.33. The van der Waals surface area contributed by atoms with Gasteiger partial charge in [-0.05, 0) is 13.3 Å². The van der Waals surface area contributed by atoms with Gasteiger partial charge in [0.05, 0.1) is 11.4 Å². The molecular formula is C7H12N2O3S. The Bertz CT molecular complexity index is 369. The Morgan fingerprint density at radius 2 is 2.31 bits per heavy atom. The van der Waals surface area contributed by atoms with E-state index in [0.717, 1.165) is 11.5 Å². The van der Waals surface area contributed by atoms with Gasteiger partial charge in [0.1, 0.15) is 5.82 Å². The second-order valence-electron chi connectivity index (χ2n) is 2.88. The molecule has 74 valence electrons. The minimum Gasteiger partial charge on any atom is -0.348 e. The highest BCUT2D eigenvalue weighted by Gasteiger charge is 2.05. The second kappa shape index (κ2) is 3.89. The molecule has 0 radical (unpaired) electrons. The zero-order valence-corrected chi connectivity index (χ0v) is 8.13. The topological polar surface area (TPSA) is 83.0 Å². The molecule has 0 saturated heterocycles. The maximum Gasteiger partial charge on any atom is 0.264 e. The van der Waals surface area contributed by atoms with Gasteiger partial charge in [0.15, 0.2) is 0 Å². The van der Waals surface area contributed by atoms with Crippen LogP contribution in [0.15, 0.2) is 6.20 Å². The van der Waals surface area contributed by atoms with Gasteiger partial charge in [0.2, 0.25) is 0 Å². The van der Waals surface area contributed by atoms with E-state index < -0.39 is 10.1 Å². The smallest absolute Gasteiger partial charge is 0.264 e. The number of imidazole rings is 1. The molecule has 1 heterocycles. The third kappa shape index (κ3) is 4.05. The van der Waals surface area contributed by atoms with Crippen LogP contribution in [0.25, 0.3) is 0 Å². The Labute approximate surface area is 76.9 Å². The Hall–Kier alpha value is -0.880. The number of hydrogen-bond donors (Lipinski definition) is 2. The molecule has 1 aromatic heterocycles. The van der Waals surface area contributed by atoms with E-state index in [2.05, 4.69) is 9.97 Å². The van der Waals surface area contributed by atoms with E-state index in [4.69, 9.17) is 4.55 Å². The highest BCUT2D eigenvalue weighted by Crippen LogP contribution is 2.00. The average molecular weight is 204 g/mol. The van der Waals surface area contributed by atoms with Crippen LogP contribution in [-0.2, 0) is 16.5 Å². The summed E-state index contributed by atoms with van der Waals surface area (Å²) in [4.78, 5) is 7.00. The van der Waals surface area contributed by atoms with Crippen LogP contribution in [0.2, 0.25) is 0 Å². The van der Waals surface area contributed by atoms with Gasteiger partial charge in [0, 0.05) is 12.6 Å². The standard InChI is InChI=1S/C7H12N2O3S/c1-6-5-8-7(9-6)3-2-4-13(10,11)12/h5H,2-4H2,1H3,(H,8,9)(H,10,11,12). The molecule has 0 aliphatic carbocycles. The number of aryl methyl sites for hydroxylation is 2. The molecule has 0 aliphatic heterocycles. The lowest BCUT2D eigenvalue weighted by Gasteiger charge is -1.94. The first-order valence-electron chi connectivity index (χ1n) is 3.93. The molecule has 0 fully saturated rings. The number of nitrogens with zero attached hydrogens (tertiary/aromatic N) is 1. The minimum absolute atomic E-state index is 0.216. The van der Waals surface area contributed by atoms with Crippen molar-refractivity contribution in [2.75, 3.05) is 5.75 Å². The molecule has 2 N–H and O–H groups in total. The summed E-state index contributed by atoms with van der Waals surface area (Å²) in [6, 6.07) is 0. The molecule has 1 aromatic rings. The fourth-order valence-corrected chi connectivity index (χ4v) is 1.52. The van der Waals surface area contributed by atoms with Crippen molar-refractivity contribution < 1.29 is 13.0 Å². The van der Waals surface area contributed by atoms with Crippen molar-refractivity contribution in [3.05, 3.63) is 17.7 Å². The van der Waals surface area contributed by atoms with E-state index in [0.29, 0.717) is 12.8 Å². The molecule has 0 amide bonds. The second-order valence-corrected chi connectivity index (χ2v) is 4.45. The number of H-pyrrole nitrogens is 1. The normalized spacial score (nSPS) is 11.8. The number of aromatic nitrogens is 2. The molecule has 0 bridgehead atoms. The summed E-state index contributed by atoms with van der Waals surface area (Å²) >= 11 is 0. The van der Waals surface area contributed by atoms with Crippen LogP contribution >= 0.6 is 0 Å². The fourth-order valence-electron chi connectivity index (χ4n) is 1.02. The van der Waals surface area contributed by atoms with Gasteiger partial charge in [-0.2, -0.15) is 8.42 Å². The summed E-state index contributed by atoms with van der Waals surface area (Å²) in [7, 11) is -3.83. The number of aromatic amines is 1. The van der Waals surface area contributed by atoms with E-state index in [1.165, 1.54) is 0 Å². The minimum atomic E-state index is -3.83. The summed E-state index contributed by atoms with van der Waals surface area (Å²) in [5.74, 6) is 0.536. The molecule has 0 unspecified atom stereocenters. The van der Waals surface area contributed by atoms with Gasteiger partial charge in [0.25, 0.3) is 10.1 Å². The van der Waals surface area contributed by atoms with Gasteiger partial charge < -0.3 is 4.98 Å². The van der Waals surface area contributed by atoms with Gasteiger partial charge in [-0.25, -0.2) is 4.98 Å². The van der Waals surface area contributed by atoms with E-state index in [9.17, 15) is 8.42 Å². The van der Waals surface area contributed by atoms with Crippen LogP contribution < -0.4 is 0 Å². The molecule has 1 rings (SSSR count). The summed E-state index contributed by atoms with van der Waals surface area (Å²) in [5.41, 5.74) is 0.877. The summed E-state index contributed by atoms with van der Waals surface area (Å²) in [5, 5.41) is 0. The monoisotopic (exact) mass is 204 g/mol. The first-order valence-corrected chi connectivity index (χ1v) is 5.54. The molecule has 0 aliphatic rings. The van der Waals surface area contributed by atoms with Crippen LogP contribution in [0.5, 0.6) is 0 Å². The largest absolute Gasteiger partial charge is 0.348 e. The summed E-state index contributed by atoms with van der Waals surface area (Å²) in [6.07, 6.45) is 2.67. The molecular weight excluding hydrogens is 192 g/mol. The third-order valence-electron chi connectivity index (χ3n) is 1.57. The van der Waals surface area contributed by atoms with Crippen LogP contribution in [0.1, 0.15) is 17.9 Å². The predicted molar refractivity (Wildman–Crippen MR) is 48.1 cm³/mol. The SMILES string of the molecule is Cc1c[nH]c(CCCS(=O)(=O)O)n1. The van der Waals surface area contributed by atoms with Gasteiger partial charge in [-0.3, -0.25) is 4.55 Å². The van der Waals surface area contributed by atoms with Crippen molar-refractivity contribution in [1.82, 2.24) is 9.97 Å². The first kappa shape index (κ1) is 10.2. The summed E-state index contributed by atoms with van der Waals surface area (Å²) in [6.45, 7) is 1.85. The zero-order valence-electron chi connectivity index (χ0n) is 7.32. The van der Waals surface area contributed by atoms with Gasteiger partial charge >= 0.3 is 0 Å².